The summed E-state index contributed by atoms with van der Waals surface area (Å²) in [6.07, 6.45) is -0.603. The molecule has 0 saturated carbocycles. The molecule has 0 spiro atoms. The van der Waals surface area contributed by atoms with Crippen LogP contribution in [0.2, 0.25) is 0 Å². The summed E-state index contributed by atoms with van der Waals surface area (Å²) in [6.45, 7) is 0.142. The second-order valence-electron chi connectivity index (χ2n) is 4.29. The van der Waals surface area contributed by atoms with Crippen molar-refractivity contribution < 1.29 is 19.4 Å². The topological polar surface area (TPSA) is 79.7 Å². The van der Waals surface area contributed by atoms with Crippen molar-refractivity contribution >= 4 is 17.9 Å². The molecule has 1 amide bonds. The third kappa shape index (κ3) is 3.79. The molecule has 0 bridgehead atoms. The molecule has 6 heteroatoms. The summed E-state index contributed by atoms with van der Waals surface area (Å²) in [4.78, 5) is 27.8. The zero-order valence-corrected chi connectivity index (χ0v) is 11.4. The number of carbonyl (C=O) groups is 2. The largest absolute Gasteiger partial charge is 0.477 e. The molecule has 108 valence electrons. The van der Waals surface area contributed by atoms with Gasteiger partial charge in [0.15, 0.2) is 5.69 Å². The highest BCUT2D eigenvalue weighted by atomic mass is 16.6. The van der Waals surface area contributed by atoms with Crippen LogP contribution in [0.15, 0.2) is 48.5 Å². The molecular formula is C15H14N2O4. The van der Waals surface area contributed by atoms with Crippen LogP contribution in [-0.4, -0.2) is 29.2 Å². The second-order valence-corrected chi connectivity index (χ2v) is 4.29. The number of aromatic carboxylic acids is 1. The van der Waals surface area contributed by atoms with Crippen LogP contribution >= 0.6 is 0 Å². The molecule has 6 nitrogen and oxygen atoms in total. The van der Waals surface area contributed by atoms with Gasteiger partial charge in [-0.2, -0.15) is 0 Å². The average molecular weight is 286 g/mol. The first-order valence-electron chi connectivity index (χ1n) is 6.22. The molecular weight excluding hydrogens is 272 g/mol. The number of amides is 1. The molecule has 0 aliphatic carbocycles. The molecule has 0 aliphatic rings. The number of anilines is 1. The van der Waals surface area contributed by atoms with E-state index in [-0.39, 0.29) is 18.1 Å². The van der Waals surface area contributed by atoms with Crippen molar-refractivity contribution in [2.24, 2.45) is 0 Å². The summed E-state index contributed by atoms with van der Waals surface area (Å²) < 4.78 is 5.14. The Balaban J connectivity index is 2.02. The van der Waals surface area contributed by atoms with Gasteiger partial charge in [-0.15, -0.1) is 0 Å². The normalized spacial score (nSPS) is 9.95. The third-order valence-corrected chi connectivity index (χ3v) is 2.78. The number of nitrogens with zero attached hydrogens (tertiary/aromatic N) is 2. The number of benzene rings is 1. The van der Waals surface area contributed by atoms with Crippen LogP contribution in [0.5, 0.6) is 0 Å². The van der Waals surface area contributed by atoms with Crippen molar-refractivity contribution in [2.75, 3.05) is 11.9 Å². The number of rotatable bonds is 4. The Kier molecular flexibility index (Phi) is 4.50. The van der Waals surface area contributed by atoms with Crippen LogP contribution in [0, 0.1) is 0 Å². The molecule has 0 radical (unpaired) electrons. The molecule has 0 aliphatic heterocycles. The van der Waals surface area contributed by atoms with E-state index in [4.69, 9.17) is 9.84 Å². The molecule has 0 atom stereocenters. The van der Waals surface area contributed by atoms with Gasteiger partial charge in [0.05, 0.1) is 0 Å². The van der Waals surface area contributed by atoms with Gasteiger partial charge in [-0.05, 0) is 17.7 Å². The zero-order chi connectivity index (χ0) is 15.2. The highest BCUT2D eigenvalue weighted by Gasteiger charge is 2.15. The van der Waals surface area contributed by atoms with E-state index >= 15 is 0 Å². The molecule has 1 heterocycles. The van der Waals surface area contributed by atoms with Gasteiger partial charge < -0.3 is 9.84 Å². The lowest BCUT2D eigenvalue weighted by molar-refractivity contribution is 0.0690. The maximum Gasteiger partial charge on any atom is 0.415 e. The van der Waals surface area contributed by atoms with Crippen molar-refractivity contribution in [3.63, 3.8) is 0 Å². The van der Waals surface area contributed by atoms with E-state index in [9.17, 15) is 9.59 Å². The molecule has 0 fully saturated rings. The molecule has 2 aromatic rings. The Bertz CT molecular complexity index is 643. The van der Waals surface area contributed by atoms with E-state index in [2.05, 4.69) is 4.98 Å². The zero-order valence-electron chi connectivity index (χ0n) is 11.4. The molecule has 2 rings (SSSR count). The summed E-state index contributed by atoms with van der Waals surface area (Å²) >= 11 is 0. The van der Waals surface area contributed by atoms with Crippen molar-refractivity contribution in [3.05, 3.63) is 59.8 Å². The van der Waals surface area contributed by atoms with Crippen molar-refractivity contribution in [2.45, 2.75) is 6.61 Å². The number of aromatic nitrogens is 1. The van der Waals surface area contributed by atoms with Crippen molar-refractivity contribution in [1.29, 1.82) is 0 Å². The molecule has 1 N–H and O–H groups in total. The highest BCUT2D eigenvalue weighted by molar-refractivity contribution is 5.88. The molecule has 1 aromatic carbocycles. The van der Waals surface area contributed by atoms with Crippen molar-refractivity contribution in [1.82, 2.24) is 4.98 Å². The van der Waals surface area contributed by atoms with Crippen molar-refractivity contribution in [3.8, 4) is 0 Å². The lowest BCUT2D eigenvalue weighted by Gasteiger charge is -2.16. The lowest BCUT2D eigenvalue weighted by Crippen LogP contribution is -2.28. The van der Waals surface area contributed by atoms with Crippen LogP contribution in [0.25, 0.3) is 0 Å². The van der Waals surface area contributed by atoms with Gasteiger partial charge in [0.2, 0.25) is 0 Å². The number of pyridine rings is 1. The minimum absolute atomic E-state index is 0.129. The summed E-state index contributed by atoms with van der Waals surface area (Å²) in [5.41, 5.74) is 0.738. The third-order valence-electron chi connectivity index (χ3n) is 2.78. The minimum Gasteiger partial charge on any atom is -0.477 e. The van der Waals surface area contributed by atoms with Gasteiger partial charge in [-0.25, -0.2) is 14.6 Å². The molecule has 1 aromatic heterocycles. The Morgan fingerprint density at radius 1 is 1.14 bits per heavy atom. The standard InChI is InChI=1S/C15H14N2O4/c1-17(13-9-5-8-12(16-13)14(18)19)15(20)21-10-11-6-3-2-4-7-11/h2-9H,10H2,1H3,(H,18,19). The predicted octanol–water partition coefficient (Wildman–Crippen LogP) is 2.55. The van der Waals surface area contributed by atoms with Gasteiger partial charge in [0.25, 0.3) is 0 Å². The number of carbonyl (C=O) groups excluding carboxylic acids is 1. The fraction of sp³-hybridized carbons (Fsp3) is 0.133. The van der Waals surface area contributed by atoms with Crippen LogP contribution in [0.3, 0.4) is 0 Å². The van der Waals surface area contributed by atoms with E-state index in [1.54, 1.807) is 0 Å². The summed E-state index contributed by atoms with van der Waals surface area (Å²) in [5, 5.41) is 8.88. The number of ether oxygens (including phenoxy) is 1. The fourth-order valence-corrected chi connectivity index (χ4v) is 1.64. The Hall–Kier alpha value is -2.89. The van der Waals surface area contributed by atoms with E-state index in [1.165, 1.54) is 25.2 Å². The SMILES string of the molecule is CN(C(=O)OCc1ccccc1)c1cccc(C(=O)O)n1. The van der Waals surface area contributed by atoms with E-state index in [0.29, 0.717) is 0 Å². The lowest BCUT2D eigenvalue weighted by atomic mass is 10.2. The molecule has 0 saturated heterocycles. The second kappa shape index (κ2) is 6.51. The first kappa shape index (κ1) is 14.5. The molecule has 21 heavy (non-hydrogen) atoms. The van der Waals surface area contributed by atoms with E-state index < -0.39 is 12.1 Å². The summed E-state index contributed by atoms with van der Waals surface area (Å²) in [7, 11) is 1.47. The van der Waals surface area contributed by atoms with Gasteiger partial charge >= 0.3 is 12.1 Å². The minimum atomic E-state index is -1.15. The number of carboxylic acids is 1. The maximum atomic E-state index is 11.9. The quantitative estimate of drug-likeness (QED) is 0.934. The van der Waals surface area contributed by atoms with Crippen LogP contribution in [-0.2, 0) is 11.3 Å². The van der Waals surface area contributed by atoms with Crippen LogP contribution < -0.4 is 4.90 Å². The number of hydrogen-bond donors (Lipinski definition) is 1. The van der Waals surface area contributed by atoms with Gasteiger partial charge in [-0.1, -0.05) is 36.4 Å². The Morgan fingerprint density at radius 3 is 2.52 bits per heavy atom. The monoisotopic (exact) mass is 286 g/mol. The summed E-state index contributed by atoms with van der Waals surface area (Å²) in [5.74, 6) is -0.934. The number of hydrogen-bond acceptors (Lipinski definition) is 4. The van der Waals surface area contributed by atoms with Gasteiger partial charge in [-0.3, -0.25) is 4.90 Å². The molecule has 0 unspecified atom stereocenters. The van der Waals surface area contributed by atoms with Gasteiger partial charge in [0.1, 0.15) is 12.4 Å². The van der Waals surface area contributed by atoms with E-state index in [0.717, 1.165) is 10.5 Å². The van der Waals surface area contributed by atoms with Crippen LogP contribution in [0.1, 0.15) is 16.1 Å². The van der Waals surface area contributed by atoms with Crippen LogP contribution in [0.4, 0.5) is 10.6 Å². The summed E-state index contributed by atoms with van der Waals surface area (Å²) in [6, 6.07) is 13.7. The number of carboxylic acid groups (broad SMARTS) is 1. The predicted molar refractivity (Wildman–Crippen MR) is 76.2 cm³/mol. The fourth-order valence-electron chi connectivity index (χ4n) is 1.64. The average Bonchev–Trinajstić information content (AvgIpc) is 2.53. The van der Waals surface area contributed by atoms with E-state index in [1.807, 2.05) is 30.3 Å². The highest BCUT2D eigenvalue weighted by Crippen LogP contribution is 2.12. The Morgan fingerprint density at radius 2 is 1.86 bits per heavy atom. The first-order valence-corrected chi connectivity index (χ1v) is 6.22. The smallest absolute Gasteiger partial charge is 0.415 e. The first-order chi connectivity index (χ1) is 10.1. The maximum absolute atomic E-state index is 11.9. The van der Waals surface area contributed by atoms with Gasteiger partial charge in [0, 0.05) is 7.05 Å². The Labute approximate surface area is 121 Å².